The molecule has 1 N–H and O–H groups in total. The van der Waals surface area contributed by atoms with E-state index in [2.05, 4.69) is 95.7 Å². The quantitative estimate of drug-likeness (QED) is 0.523. The van der Waals surface area contributed by atoms with Crippen molar-refractivity contribution in [3.63, 3.8) is 0 Å². The van der Waals surface area contributed by atoms with E-state index in [4.69, 9.17) is 4.98 Å². The van der Waals surface area contributed by atoms with Gasteiger partial charge in [-0.05, 0) is 42.2 Å². The summed E-state index contributed by atoms with van der Waals surface area (Å²) in [5, 5.41) is 3.67. The van der Waals surface area contributed by atoms with Gasteiger partial charge in [0.15, 0.2) is 0 Å². The number of aryl methyl sites for hydroxylation is 1. The molecule has 1 aromatic heterocycles. The number of hydrogen-bond acceptors (Lipinski definition) is 2. The van der Waals surface area contributed by atoms with Gasteiger partial charge in [0, 0.05) is 0 Å². The number of benzene rings is 3. The summed E-state index contributed by atoms with van der Waals surface area (Å²) >= 11 is 0. The summed E-state index contributed by atoms with van der Waals surface area (Å²) < 4.78 is 2.37. The molecule has 3 nitrogen and oxygen atoms in total. The highest BCUT2D eigenvalue weighted by Crippen LogP contribution is 2.41. The Kier molecular flexibility index (Phi) is 3.52. The van der Waals surface area contributed by atoms with Crippen LogP contribution >= 0.6 is 0 Å². The molecule has 0 amide bonds. The minimum Gasteiger partial charge on any atom is -0.349 e. The van der Waals surface area contributed by atoms with Crippen molar-refractivity contribution in [2.45, 2.75) is 25.4 Å². The maximum absolute atomic E-state index is 4.89. The fourth-order valence-corrected chi connectivity index (χ4v) is 4.14. The number of imidazole rings is 1. The van der Waals surface area contributed by atoms with Crippen molar-refractivity contribution in [3.8, 4) is 0 Å². The van der Waals surface area contributed by atoms with Gasteiger partial charge in [0.05, 0.1) is 23.1 Å². The third-order valence-corrected chi connectivity index (χ3v) is 5.42. The summed E-state index contributed by atoms with van der Waals surface area (Å²) in [7, 11) is 0. The Hall–Kier alpha value is -3.07. The fourth-order valence-electron chi connectivity index (χ4n) is 4.14. The normalized spacial score (nSPS) is 19.1. The SMILES string of the molecule is Cc1ccccc1C1CC(c2ccccc2)Nc2nc3ccccc3n21. The number of fused-ring (bicyclic) bond motifs is 3. The summed E-state index contributed by atoms with van der Waals surface area (Å²) in [6.45, 7) is 2.20. The smallest absolute Gasteiger partial charge is 0.204 e. The predicted molar refractivity (Wildman–Crippen MR) is 106 cm³/mol. The van der Waals surface area contributed by atoms with E-state index in [0.717, 1.165) is 17.9 Å². The maximum Gasteiger partial charge on any atom is 0.204 e. The summed E-state index contributed by atoms with van der Waals surface area (Å²) in [5.74, 6) is 0.958. The average Bonchev–Trinajstić information content (AvgIpc) is 3.07. The van der Waals surface area contributed by atoms with Gasteiger partial charge >= 0.3 is 0 Å². The largest absolute Gasteiger partial charge is 0.349 e. The zero-order chi connectivity index (χ0) is 17.5. The number of nitrogens with zero attached hydrogens (tertiary/aromatic N) is 2. The minimum atomic E-state index is 0.255. The van der Waals surface area contributed by atoms with Crippen LogP contribution in [0.1, 0.15) is 35.2 Å². The van der Waals surface area contributed by atoms with E-state index < -0.39 is 0 Å². The maximum atomic E-state index is 4.89. The molecule has 26 heavy (non-hydrogen) atoms. The van der Waals surface area contributed by atoms with Gasteiger partial charge < -0.3 is 9.88 Å². The zero-order valence-corrected chi connectivity index (χ0v) is 14.8. The van der Waals surface area contributed by atoms with Crippen LogP contribution in [-0.4, -0.2) is 9.55 Å². The van der Waals surface area contributed by atoms with E-state index in [0.29, 0.717) is 0 Å². The molecule has 0 bridgehead atoms. The summed E-state index contributed by atoms with van der Waals surface area (Å²) in [6.07, 6.45) is 1.00. The molecule has 5 rings (SSSR count). The Morgan fingerprint density at radius 2 is 1.62 bits per heavy atom. The summed E-state index contributed by atoms with van der Waals surface area (Å²) in [5.41, 5.74) is 6.25. The number of hydrogen-bond donors (Lipinski definition) is 1. The number of aromatic nitrogens is 2. The molecule has 0 fully saturated rings. The van der Waals surface area contributed by atoms with Gasteiger partial charge in [-0.2, -0.15) is 0 Å². The first-order valence-corrected chi connectivity index (χ1v) is 9.15. The highest BCUT2D eigenvalue weighted by Gasteiger charge is 2.31. The molecule has 1 aliphatic heterocycles. The van der Waals surface area contributed by atoms with E-state index >= 15 is 0 Å². The van der Waals surface area contributed by atoms with Crippen molar-refractivity contribution in [3.05, 3.63) is 95.6 Å². The van der Waals surface area contributed by atoms with Crippen molar-refractivity contribution >= 4 is 17.0 Å². The molecular weight excluding hydrogens is 318 g/mol. The van der Waals surface area contributed by atoms with Crippen LogP contribution in [0.15, 0.2) is 78.9 Å². The third kappa shape index (κ3) is 2.39. The second-order valence-corrected chi connectivity index (χ2v) is 7.01. The van der Waals surface area contributed by atoms with Crippen LogP contribution in [0.2, 0.25) is 0 Å². The number of nitrogens with one attached hydrogen (secondary N) is 1. The first-order chi connectivity index (χ1) is 12.8. The highest BCUT2D eigenvalue weighted by molar-refractivity contribution is 5.79. The van der Waals surface area contributed by atoms with Crippen molar-refractivity contribution in [1.82, 2.24) is 9.55 Å². The highest BCUT2D eigenvalue weighted by atomic mass is 15.3. The van der Waals surface area contributed by atoms with E-state index in [1.165, 1.54) is 22.2 Å². The van der Waals surface area contributed by atoms with Crippen molar-refractivity contribution in [2.75, 3.05) is 5.32 Å². The Morgan fingerprint density at radius 1 is 0.885 bits per heavy atom. The van der Waals surface area contributed by atoms with Crippen LogP contribution in [0.25, 0.3) is 11.0 Å². The van der Waals surface area contributed by atoms with Gasteiger partial charge in [-0.3, -0.25) is 0 Å². The van der Waals surface area contributed by atoms with E-state index in [1.807, 2.05) is 0 Å². The molecule has 0 saturated heterocycles. The van der Waals surface area contributed by atoms with Crippen LogP contribution in [0.4, 0.5) is 5.95 Å². The lowest BCUT2D eigenvalue weighted by Crippen LogP contribution is -2.27. The van der Waals surface area contributed by atoms with Crippen molar-refractivity contribution in [1.29, 1.82) is 0 Å². The molecule has 3 aromatic carbocycles. The molecule has 4 aromatic rings. The molecule has 0 saturated carbocycles. The third-order valence-electron chi connectivity index (χ3n) is 5.42. The summed E-state index contributed by atoms with van der Waals surface area (Å²) in [6, 6.07) is 28.3. The van der Waals surface area contributed by atoms with E-state index in [1.54, 1.807) is 0 Å². The summed E-state index contributed by atoms with van der Waals surface area (Å²) in [4.78, 5) is 4.89. The molecule has 2 atom stereocenters. The van der Waals surface area contributed by atoms with Gasteiger partial charge in [-0.25, -0.2) is 4.98 Å². The average molecular weight is 339 g/mol. The lowest BCUT2D eigenvalue weighted by atomic mass is 9.91. The van der Waals surface area contributed by atoms with Crippen LogP contribution in [0.5, 0.6) is 0 Å². The fraction of sp³-hybridized carbons (Fsp3) is 0.174. The first kappa shape index (κ1) is 15.2. The lowest BCUT2D eigenvalue weighted by Gasteiger charge is -2.34. The first-order valence-electron chi connectivity index (χ1n) is 9.15. The molecule has 0 spiro atoms. The van der Waals surface area contributed by atoms with Gasteiger partial charge in [0.1, 0.15) is 0 Å². The topological polar surface area (TPSA) is 29.9 Å². The zero-order valence-electron chi connectivity index (χ0n) is 14.8. The Labute approximate surface area is 153 Å². The molecule has 0 radical (unpaired) electrons. The van der Waals surface area contributed by atoms with E-state index in [9.17, 15) is 0 Å². The molecule has 3 heteroatoms. The minimum absolute atomic E-state index is 0.255. The van der Waals surface area contributed by atoms with Gasteiger partial charge in [-0.15, -0.1) is 0 Å². The van der Waals surface area contributed by atoms with Crippen LogP contribution in [0.3, 0.4) is 0 Å². The van der Waals surface area contributed by atoms with Crippen molar-refractivity contribution in [2.24, 2.45) is 0 Å². The second kappa shape index (κ2) is 6.03. The molecular formula is C23H21N3. The molecule has 128 valence electrons. The van der Waals surface area contributed by atoms with Gasteiger partial charge in [-0.1, -0.05) is 66.7 Å². The number of anilines is 1. The Morgan fingerprint density at radius 3 is 2.46 bits per heavy atom. The standard InChI is InChI=1S/C23H21N3/c1-16-9-5-6-12-18(16)22-15-20(17-10-3-2-4-11-17)25-23-24-19-13-7-8-14-21(19)26(22)23/h2-14,20,22H,15H2,1H3,(H,24,25). The van der Waals surface area contributed by atoms with Crippen LogP contribution in [0, 0.1) is 6.92 Å². The van der Waals surface area contributed by atoms with Gasteiger partial charge in [0.2, 0.25) is 5.95 Å². The Balaban J connectivity index is 1.71. The van der Waals surface area contributed by atoms with Crippen molar-refractivity contribution < 1.29 is 0 Å². The molecule has 0 aliphatic carbocycles. The number of para-hydroxylation sites is 2. The predicted octanol–water partition coefficient (Wildman–Crippen LogP) is 5.49. The lowest BCUT2D eigenvalue weighted by molar-refractivity contribution is 0.476. The Bertz CT molecular complexity index is 1070. The number of rotatable bonds is 2. The molecule has 2 unspecified atom stereocenters. The molecule has 2 heterocycles. The van der Waals surface area contributed by atoms with Crippen LogP contribution in [-0.2, 0) is 0 Å². The molecule has 1 aliphatic rings. The second-order valence-electron chi connectivity index (χ2n) is 7.01. The van der Waals surface area contributed by atoms with Crippen LogP contribution < -0.4 is 5.32 Å². The van der Waals surface area contributed by atoms with E-state index in [-0.39, 0.29) is 12.1 Å². The monoisotopic (exact) mass is 339 g/mol. The van der Waals surface area contributed by atoms with Gasteiger partial charge in [0.25, 0.3) is 0 Å².